The first-order chi connectivity index (χ1) is 10.5. The fourth-order valence-electron chi connectivity index (χ4n) is 4.17. The van der Waals surface area contributed by atoms with E-state index in [1.54, 1.807) is 0 Å². The van der Waals surface area contributed by atoms with Gasteiger partial charge in [-0.05, 0) is 24.7 Å². The molecule has 5 heteroatoms. The first-order valence-electron chi connectivity index (χ1n) is 9.05. The van der Waals surface area contributed by atoms with E-state index in [9.17, 15) is 4.57 Å². The number of hydrogen-bond donors (Lipinski definition) is 0. The normalized spacial score (nSPS) is 36.1. The van der Waals surface area contributed by atoms with Crippen molar-refractivity contribution in [1.82, 2.24) is 0 Å². The lowest BCUT2D eigenvalue weighted by Crippen LogP contribution is -2.36. The van der Waals surface area contributed by atoms with E-state index < -0.39 is 7.82 Å². The van der Waals surface area contributed by atoms with Gasteiger partial charge in [0.2, 0.25) is 0 Å². The Morgan fingerprint density at radius 1 is 0.909 bits per heavy atom. The molecule has 0 bridgehead atoms. The highest BCUT2D eigenvalue weighted by Gasteiger charge is 2.43. The lowest BCUT2D eigenvalue weighted by atomic mass is 9.72. The Balaban J connectivity index is 1.62. The molecule has 1 aliphatic heterocycles. The molecule has 22 heavy (non-hydrogen) atoms. The van der Waals surface area contributed by atoms with Gasteiger partial charge < -0.3 is 0 Å². The van der Waals surface area contributed by atoms with Gasteiger partial charge in [-0.25, -0.2) is 4.57 Å². The third kappa shape index (κ3) is 4.14. The minimum Gasteiger partial charge on any atom is -0.286 e. The van der Waals surface area contributed by atoms with Gasteiger partial charge >= 0.3 is 7.82 Å². The second-order valence-corrected chi connectivity index (χ2v) is 9.77. The molecule has 2 unspecified atom stereocenters. The van der Waals surface area contributed by atoms with Crippen molar-refractivity contribution in [3.63, 3.8) is 0 Å². The maximum atomic E-state index is 12.8. The van der Waals surface area contributed by atoms with E-state index in [-0.39, 0.29) is 11.5 Å². The van der Waals surface area contributed by atoms with E-state index in [1.807, 2.05) is 0 Å². The van der Waals surface area contributed by atoms with E-state index in [0.29, 0.717) is 19.1 Å². The van der Waals surface area contributed by atoms with Gasteiger partial charge in [0.25, 0.3) is 0 Å². The van der Waals surface area contributed by atoms with Crippen LogP contribution in [0.3, 0.4) is 0 Å². The van der Waals surface area contributed by atoms with Crippen molar-refractivity contribution in [2.45, 2.75) is 77.7 Å². The smallest absolute Gasteiger partial charge is 0.286 e. The highest BCUT2D eigenvalue weighted by molar-refractivity contribution is 7.48. The first-order valence-corrected chi connectivity index (χ1v) is 10.5. The fourth-order valence-corrected chi connectivity index (χ4v) is 5.98. The number of phosphoric ester groups is 1. The van der Waals surface area contributed by atoms with E-state index in [4.69, 9.17) is 13.6 Å². The summed E-state index contributed by atoms with van der Waals surface area (Å²) in [5, 5.41) is 0. The molecule has 0 amide bonds. The van der Waals surface area contributed by atoms with Crippen LogP contribution < -0.4 is 0 Å². The number of hydrogen-bond acceptors (Lipinski definition) is 4. The van der Waals surface area contributed by atoms with Crippen LogP contribution >= 0.6 is 7.82 Å². The third-order valence-electron chi connectivity index (χ3n) is 5.50. The van der Waals surface area contributed by atoms with Crippen LogP contribution in [-0.2, 0) is 18.1 Å². The van der Waals surface area contributed by atoms with Gasteiger partial charge in [-0.2, -0.15) is 0 Å². The van der Waals surface area contributed by atoms with Gasteiger partial charge in [-0.1, -0.05) is 58.8 Å². The van der Waals surface area contributed by atoms with Gasteiger partial charge in [0.15, 0.2) is 0 Å². The van der Waals surface area contributed by atoms with Crippen molar-refractivity contribution in [2.75, 3.05) is 13.2 Å². The Kier molecular flexibility index (Phi) is 5.34. The predicted octanol–water partition coefficient (Wildman–Crippen LogP) is 5.32. The molecular weight excluding hydrogens is 299 g/mol. The lowest BCUT2D eigenvalue weighted by Gasteiger charge is -2.41. The van der Waals surface area contributed by atoms with Crippen LogP contribution in [0.1, 0.15) is 71.6 Å². The van der Waals surface area contributed by atoms with Crippen LogP contribution in [-0.4, -0.2) is 19.3 Å². The van der Waals surface area contributed by atoms with E-state index >= 15 is 0 Å². The molecule has 1 heterocycles. The van der Waals surface area contributed by atoms with Crippen LogP contribution in [0.15, 0.2) is 0 Å². The standard InChI is InChI=1S/C17H31O4P/c1-17(2)12-19-22(18,20-13-17)21-16-11-7-6-10-15(16)14-8-4-3-5-9-14/h14-16H,3-13H2,1-2H3. The Morgan fingerprint density at radius 3 is 2.18 bits per heavy atom. The minimum absolute atomic E-state index is 0.0592. The number of rotatable bonds is 3. The van der Waals surface area contributed by atoms with E-state index in [1.165, 1.54) is 51.4 Å². The quantitative estimate of drug-likeness (QED) is 0.657. The molecule has 2 aliphatic carbocycles. The second kappa shape index (κ2) is 6.93. The molecule has 0 N–H and O–H groups in total. The summed E-state index contributed by atoms with van der Waals surface area (Å²) in [6.45, 7) is 5.01. The van der Waals surface area contributed by atoms with Crippen LogP contribution in [0.25, 0.3) is 0 Å². The summed E-state index contributed by atoms with van der Waals surface area (Å²) in [5.74, 6) is 1.29. The van der Waals surface area contributed by atoms with Crippen LogP contribution in [0.4, 0.5) is 0 Å². The molecule has 0 aromatic heterocycles. The van der Waals surface area contributed by atoms with Gasteiger partial charge in [0, 0.05) is 5.41 Å². The molecule has 2 atom stereocenters. The summed E-state index contributed by atoms with van der Waals surface area (Å²) in [4.78, 5) is 0. The summed E-state index contributed by atoms with van der Waals surface area (Å²) in [5.41, 5.74) is -0.0768. The van der Waals surface area contributed by atoms with Crippen molar-refractivity contribution in [2.24, 2.45) is 17.3 Å². The Bertz CT molecular complexity index is 403. The largest absolute Gasteiger partial charge is 0.475 e. The summed E-state index contributed by atoms with van der Waals surface area (Å²) >= 11 is 0. The molecule has 0 spiro atoms. The van der Waals surface area contributed by atoms with Crippen molar-refractivity contribution in [3.8, 4) is 0 Å². The maximum Gasteiger partial charge on any atom is 0.475 e. The maximum absolute atomic E-state index is 12.8. The Labute approximate surface area is 134 Å². The molecule has 2 saturated carbocycles. The van der Waals surface area contributed by atoms with Gasteiger partial charge in [-0.3, -0.25) is 13.6 Å². The van der Waals surface area contributed by atoms with Crippen molar-refractivity contribution in [3.05, 3.63) is 0 Å². The number of phosphoric acid groups is 1. The lowest BCUT2D eigenvalue weighted by molar-refractivity contribution is -0.0385. The molecule has 3 rings (SSSR count). The zero-order valence-electron chi connectivity index (χ0n) is 14.1. The molecule has 0 aromatic rings. The predicted molar refractivity (Wildman–Crippen MR) is 86.7 cm³/mol. The molecule has 4 nitrogen and oxygen atoms in total. The molecule has 3 fully saturated rings. The summed E-state index contributed by atoms with van der Waals surface area (Å²) in [6, 6.07) is 0. The summed E-state index contributed by atoms with van der Waals surface area (Å²) in [6.07, 6.45) is 11.4. The monoisotopic (exact) mass is 330 g/mol. The van der Waals surface area contributed by atoms with Gasteiger partial charge in [0.1, 0.15) is 0 Å². The van der Waals surface area contributed by atoms with E-state index in [0.717, 1.165) is 12.3 Å². The first kappa shape index (κ1) is 17.0. The highest BCUT2D eigenvalue weighted by Crippen LogP contribution is 2.57. The Morgan fingerprint density at radius 2 is 1.50 bits per heavy atom. The zero-order valence-corrected chi connectivity index (χ0v) is 15.0. The molecular formula is C17H31O4P. The van der Waals surface area contributed by atoms with Crippen LogP contribution in [0.5, 0.6) is 0 Å². The molecule has 0 aromatic carbocycles. The second-order valence-electron chi connectivity index (χ2n) is 8.15. The highest BCUT2D eigenvalue weighted by atomic mass is 31.2. The van der Waals surface area contributed by atoms with Gasteiger partial charge in [-0.15, -0.1) is 0 Å². The van der Waals surface area contributed by atoms with Gasteiger partial charge in [0.05, 0.1) is 19.3 Å². The average Bonchev–Trinajstić information content (AvgIpc) is 2.52. The van der Waals surface area contributed by atoms with Crippen molar-refractivity contribution >= 4 is 7.82 Å². The van der Waals surface area contributed by atoms with Crippen molar-refractivity contribution < 1.29 is 18.1 Å². The van der Waals surface area contributed by atoms with Crippen molar-refractivity contribution in [1.29, 1.82) is 0 Å². The fraction of sp³-hybridized carbons (Fsp3) is 1.00. The SMILES string of the molecule is CC1(C)COP(=O)(OC2CCCCC2C2CCCCC2)OC1. The molecule has 1 saturated heterocycles. The summed E-state index contributed by atoms with van der Waals surface area (Å²) < 4.78 is 29.8. The topological polar surface area (TPSA) is 44.8 Å². The average molecular weight is 330 g/mol. The van der Waals surface area contributed by atoms with Crippen LogP contribution in [0.2, 0.25) is 0 Å². The van der Waals surface area contributed by atoms with E-state index in [2.05, 4.69) is 13.8 Å². The third-order valence-corrected chi connectivity index (χ3v) is 6.92. The van der Waals surface area contributed by atoms with Crippen LogP contribution in [0, 0.1) is 17.3 Å². The molecule has 0 radical (unpaired) electrons. The molecule has 128 valence electrons. The zero-order chi connectivity index (χ0) is 15.6. The summed E-state index contributed by atoms with van der Waals surface area (Å²) in [7, 11) is -3.35. The minimum atomic E-state index is -3.35. The Hall–Kier alpha value is 0.110. The molecule has 3 aliphatic rings.